The molecule has 1 aliphatic carbocycles. The lowest BCUT2D eigenvalue weighted by Crippen LogP contribution is -2.53. The highest BCUT2D eigenvalue weighted by Crippen LogP contribution is 2.29. The van der Waals surface area contributed by atoms with Gasteiger partial charge in [0.2, 0.25) is 0 Å². The molecule has 0 spiro atoms. The normalized spacial score (nSPS) is 25.8. The van der Waals surface area contributed by atoms with Crippen LogP contribution in [0.25, 0.3) is 0 Å². The molecule has 3 fully saturated rings. The van der Waals surface area contributed by atoms with Gasteiger partial charge in [-0.2, -0.15) is 0 Å². The summed E-state index contributed by atoms with van der Waals surface area (Å²) in [7, 11) is 0. The van der Waals surface area contributed by atoms with E-state index in [1.807, 2.05) is 25.7 Å². The first kappa shape index (κ1) is 25.5. The minimum atomic E-state index is -0.482. The Morgan fingerprint density at radius 2 is 1.70 bits per heavy atom. The second kappa shape index (κ2) is 11.4. The molecule has 1 unspecified atom stereocenters. The van der Waals surface area contributed by atoms with Crippen LogP contribution in [-0.4, -0.2) is 89.9 Å². The number of nitrogens with two attached hydrogens (primary N) is 1. The van der Waals surface area contributed by atoms with Crippen molar-refractivity contribution in [1.29, 1.82) is 0 Å². The number of amides is 2. The Labute approximate surface area is 199 Å². The van der Waals surface area contributed by atoms with Gasteiger partial charge in [0.1, 0.15) is 11.3 Å². The van der Waals surface area contributed by atoms with Crippen LogP contribution in [0.15, 0.2) is 16.3 Å². The Morgan fingerprint density at radius 3 is 2.30 bits per heavy atom. The van der Waals surface area contributed by atoms with Crippen LogP contribution in [0.2, 0.25) is 0 Å². The predicted molar refractivity (Wildman–Crippen MR) is 131 cm³/mol. The number of piperazine rings is 1. The maximum Gasteiger partial charge on any atom is 0.410 e. The molecule has 2 amide bonds. The number of piperidine rings is 1. The lowest BCUT2D eigenvalue weighted by atomic mass is 9.86. The van der Waals surface area contributed by atoms with Crippen LogP contribution < -0.4 is 5.73 Å². The molecule has 3 rings (SSSR count). The number of nitrogens with zero attached hydrogens (tertiary/aromatic N) is 4. The fourth-order valence-electron chi connectivity index (χ4n) is 4.90. The van der Waals surface area contributed by atoms with Crippen LogP contribution in [0.4, 0.5) is 4.79 Å². The molecule has 0 aromatic heterocycles. The average molecular weight is 462 g/mol. The number of carbonyl (C=O) groups is 2. The van der Waals surface area contributed by atoms with Gasteiger partial charge >= 0.3 is 6.09 Å². The van der Waals surface area contributed by atoms with E-state index >= 15 is 0 Å². The summed E-state index contributed by atoms with van der Waals surface area (Å²) in [6, 6.07) is 0.314. The molecular weight excluding hydrogens is 418 g/mol. The summed E-state index contributed by atoms with van der Waals surface area (Å²) in [5, 5.41) is 0. The van der Waals surface area contributed by atoms with Gasteiger partial charge < -0.3 is 20.3 Å². The van der Waals surface area contributed by atoms with E-state index in [2.05, 4.69) is 11.8 Å². The number of rotatable bonds is 4. The number of aliphatic imine (C=N–C) groups is 1. The molecule has 0 aromatic carbocycles. The molecule has 2 N–H and O–H groups in total. The number of ether oxygens (including phenoxy) is 1. The van der Waals surface area contributed by atoms with Gasteiger partial charge in [-0.05, 0) is 65.7 Å². The molecule has 1 atom stereocenters. The van der Waals surface area contributed by atoms with Crippen LogP contribution in [0, 0.1) is 0 Å². The number of hydrogen-bond donors (Lipinski definition) is 1. The predicted octanol–water partition coefficient (Wildman–Crippen LogP) is 3.17. The summed E-state index contributed by atoms with van der Waals surface area (Å²) in [6.07, 6.45) is 6.63. The molecule has 2 heterocycles. The van der Waals surface area contributed by atoms with Crippen LogP contribution in [0.3, 0.4) is 0 Å². The fraction of sp³-hybridized carbons (Fsp3) is 0.800. The third-order valence-electron chi connectivity index (χ3n) is 6.71. The van der Waals surface area contributed by atoms with Gasteiger partial charge in [-0.15, -0.1) is 0 Å². The highest BCUT2D eigenvalue weighted by Gasteiger charge is 2.34. The van der Waals surface area contributed by atoms with E-state index in [9.17, 15) is 9.59 Å². The van der Waals surface area contributed by atoms with E-state index in [-0.39, 0.29) is 12.0 Å². The minimum Gasteiger partial charge on any atom is -0.444 e. The molecule has 1 saturated carbocycles. The van der Waals surface area contributed by atoms with Crippen molar-refractivity contribution in [3.05, 3.63) is 11.3 Å². The molecule has 2 aliphatic heterocycles. The summed E-state index contributed by atoms with van der Waals surface area (Å²) >= 11 is 0. The standard InChI is InChI=1S/C25H43N5O3/c1-5-11-27-21-10-9-19(18-20(21)22(26)23(31)29-12-7-6-8-13-29)28-14-16-30(17-15-28)24(32)33-25(2,3)4/h19H,5-18,26H2,1-4H3/b22-20-,27-21?. The molecular formula is C25H43N5O3. The Bertz CT molecular complexity index is 756. The number of likely N-dealkylation sites (tertiary alicyclic amines) is 1. The summed E-state index contributed by atoms with van der Waals surface area (Å²) in [6.45, 7) is 13.1. The van der Waals surface area contributed by atoms with Gasteiger partial charge in [0.15, 0.2) is 0 Å². The van der Waals surface area contributed by atoms with Gasteiger partial charge in [0, 0.05) is 63.1 Å². The van der Waals surface area contributed by atoms with E-state index in [4.69, 9.17) is 15.5 Å². The van der Waals surface area contributed by atoms with Crippen molar-refractivity contribution in [2.75, 3.05) is 45.8 Å². The van der Waals surface area contributed by atoms with Crippen LogP contribution in [0.1, 0.15) is 72.6 Å². The smallest absolute Gasteiger partial charge is 0.410 e. The van der Waals surface area contributed by atoms with Gasteiger partial charge in [0.05, 0.1) is 0 Å². The summed E-state index contributed by atoms with van der Waals surface area (Å²) in [4.78, 5) is 36.5. The lowest BCUT2D eigenvalue weighted by Gasteiger charge is -2.41. The van der Waals surface area contributed by atoms with Gasteiger partial charge in [0.25, 0.3) is 5.91 Å². The first-order valence-electron chi connectivity index (χ1n) is 12.7. The maximum atomic E-state index is 13.1. The molecule has 33 heavy (non-hydrogen) atoms. The number of hydrogen-bond acceptors (Lipinski definition) is 6. The van der Waals surface area contributed by atoms with Crippen molar-refractivity contribution >= 4 is 17.7 Å². The van der Waals surface area contributed by atoms with Gasteiger partial charge in [-0.1, -0.05) is 6.92 Å². The molecule has 0 radical (unpaired) electrons. The van der Waals surface area contributed by atoms with E-state index in [0.717, 1.165) is 82.5 Å². The summed E-state index contributed by atoms with van der Waals surface area (Å²) in [5.74, 6) is -0.0238. The van der Waals surface area contributed by atoms with E-state index in [1.54, 1.807) is 4.90 Å². The van der Waals surface area contributed by atoms with Crippen LogP contribution in [-0.2, 0) is 9.53 Å². The Morgan fingerprint density at radius 1 is 1.03 bits per heavy atom. The molecule has 8 heteroatoms. The highest BCUT2D eigenvalue weighted by molar-refractivity contribution is 6.08. The summed E-state index contributed by atoms with van der Waals surface area (Å²) < 4.78 is 5.53. The molecule has 186 valence electrons. The first-order valence-corrected chi connectivity index (χ1v) is 12.7. The molecule has 8 nitrogen and oxygen atoms in total. The quantitative estimate of drug-likeness (QED) is 0.650. The van der Waals surface area contributed by atoms with Crippen molar-refractivity contribution in [3.63, 3.8) is 0 Å². The zero-order chi connectivity index (χ0) is 24.0. The van der Waals surface area contributed by atoms with Crippen molar-refractivity contribution < 1.29 is 14.3 Å². The Kier molecular flexibility index (Phi) is 8.79. The largest absolute Gasteiger partial charge is 0.444 e. The first-order chi connectivity index (χ1) is 15.7. The van der Waals surface area contributed by atoms with Crippen molar-refractivity contribution in [1.82, 2.24) is 14.7 Å². The van der Waals surface area contributed by atoms with E-state index in [1.165, 1.54) is 6.42 Å². The minimum absolute atomic E-state index is 0.0238. The monoisotopic (exact) mass is 461 g/mol. The third kappa shape index (κ3) is 6.95. The van der Waals surface area contributed by atoms with E-state index < -0.39 is 5.60 Å². The second-order valence-electron chi connectivity index (χ2n) is 10.5. The summed E-state index contributed by atoms with van der Waals surface area (Å²) in [5.41, 5.74) is 8.39. The second-order valence-corrected chi connectivity index (χ2v) is 10.5. The third-order valence-corrected chi connectivity index (χ3v) is 6.71. The average Bonchev–Trinajstić information content (AvgIpc) is 2.81. The zero-order valence-corrected chi connectivity index (χ0v) is 21.1. The highest BCUT2D eigenvalue weighted by atomic mass is 16.6. The SMILES string of the molecule is CCCN=C1CCC(N2CCN(C(=O)OC(C)(C)C)CC2)C/C1=C(/N)C(=O)N1CCCCC1. The van der Waals surface area contributed by atoms with Crippen LogP contribution >= 0.6 is 0 Å². The van der Waals surface area contributed by atoms with Gasteiger partial charge in [-0.3, -0.25) is 14.7 Å². The van der Waals surface area contributed by atoms with Crippen molar-refractivity contribution in [3.8, 4) is 0 Å². The van der Waals surface area contributed by atoms with Crippen LogP contribution in [0.5, 0.6) is 0 Å². The van der Waals surface area contributed by atoms with E-state index in [0.29, 0.717) is 24.8 Å². The number of carbonyl (C=O) groups excluding carboxylic acids is 2. The van der Waals surface area contributed by atoms with Crippen molar-refractivity contribution in [2.45, 2.75) is 84.3 Å². The molecule has 0 bridgehead atoms. The van der Waals surface area contributed by atoms with Crippen molar-refractivity contribution in [2.24, 2.45) is 10.7 Å². The zero-order valence-electron chi connectivity index (χ0n) is 21.1. The topological polar surface area (TPSA) is 91.5 Å². The lowest BCUT2D eigenvalue weighted by molar-refractivity contribution is -0.128. The van der Waals surface area contributed by atoms with Gasteiger partial charge in [-0.25, -0.2) is 4.79 Å². The maximum absolute atomic E-state index is 13.1. The molecule has 3 aliphatic rings. The molecule has 2 saturated heterocycles. The Hall–Kier alpha value is -2.09. The fourth-order valence-corrected chi connectivity index (χ4v) is 4.90. The Balaban J connectivity index is 1.68. The molecule has 0 aromatic rings.